The zero-order valence-corrected chi connectivity index (χ0v) is 14.6. The summed E-state index contributed by atoms with van der Waals surface area (Å²) >= 11 is 0. The molecule has 1 heterocycles. The van der Waals surface area contributed by atoms with Gasteiger partial charge in [-0.05, 0) is 31.4 Å². The monoisotopic (exact) mass is 362 g/mol. The van der Waals surface area contributed by atoms with Crippen molar-refractivity contribution in [2.75, 3.05) is 18.4 Å². The summed E-state index contributed by atoms with van der Waals surface area (Å²) < 4.78 is 0. The van der Waals surface area contributed by atoms with E-state index < -0.39 is 35.2 Å². The third-order valence-electron chi connectivity index (χ3n) is 4.06. The number of amides is 5. The Bertz CT molecular complexity index is 819. The summed E-state index contributed by atoms with van der Waals surface area (Å²) in [6, 6.07) is 1.95. The third-order valence-corrected chi connectivity index (χ3v) is 4.06. The minimum absolute atomic E-state index is 0.00386. The molecule has 1 fully saturated rings. The van der Waals surface area contributed by atoms with Gasteiger partial charge in [-0.25, -0.2) is 9.69 Å². The van der Waals surface area contributed by atoms with Crippen LogP contribution >= 0.6 is 0 Å². The number of rotatable bonds is 6. The van der Waals surface area contributed by atoms with E-state index >= 15 is 0 Å². The van der Waals surface area contributed by atoms with E-state index in [0.717, 1.165) is 10.5 Å². The molecule has 0 aromatic heterocycles. The molecule has 138 valence electrons. The van der Waals surface area contributed by atoms with E-state index in [2.05, 4.69) is 5.32 Å². The summed E-state index contributed by atoms with van der Waals surface area (Å²) in [5.74, 6) is -2.88. The van der Waals surface area contributed by atoms with Gasteiger partial charge in [0.2, 0.25) is 5.91 Å². The first-order valence-electron chi connectivity index (χ1n) is 7.90. The number of benzene rings is 1. The van der Waals surface area contributed by atoms with Crippen molar-refractivity contribution >= 4 is 35.1 Å². The van der Waals surface area contributed by atoms with E-state index in [-0.39, 0.29) is 17.9 Å². The molecule has 1 aliphatic rings. The number of imide groups is 2. The Morgan fingerprint density at radius 1 is 1.15 bits per heavy atom. The van der Waals surface area contributed by atoms with Crippen molar-refractivity contribution in [3.05, 3.63) is 33.4 Å². The summed E-state index contributed by atoms with van der Waals surface area (Å²) in [6.45, 7) is 4.44. The van der Waals surface area contributed by atoms with Gasteiger partial charge < -0.3 is 5.32 Å². The maximum atomic E-state index is 12.3. The van der Waals surface area contributed by atoms with Crippen molar-refractivity contribution in [1.29, 1.82) is 0 Å². The number of urea groups is 1. The maximum Gasteiger partial charge on any atom is 0.334 e. The SMILES string of the molecule is CCCN1C(=O)C(=O)N(CC(=O)Nc2c([N+](=O)[O-])ccc(C)c2C)C1=O. The molecule has 0 saturated carbocycles. The van der Waals surface area contributed by atoms with E-state index in [1.807, 2.05) is 0 Å². The molecule has 1 N–H and O–H groups in total. The number of anilines is 1. The Balaban J connectivity index is 2.21. The van der Waals surface area contributed by atoms with Crippen LogP contribution in [0.25, 0.3) is 0 Å². The van der Waals surface area contributed by atoms with Crippen LogP contribution in [0.1, 0.15) is 24.5 Å². The molecule has 5 amide bonds. The third kappa shape index (κ3) is 3.39. The molecule has 2 rings (SSSR count). The molecule has 0 spiro atoms. The Morgan fingerprint density at radius 3 is 2.35 bits per heavy atom. The smallest absolute Gasteiger partial charge is 0.319 e. The van der Waals surface area contributed by atoms with Gasteiger partial charge >= 0.3 is 17.8 Å². The summed E-state index contributed by atoms with van der Waals surface area (Å²) in [5.41, 5.74) is 0.916. The van der Waals surface area contributed by atoms with Crippen molar-refractivity contribution in [2.24, 2.45) is 0 Å². The molecule has 1 aliphatic heterocycles. The van der Waals surface area contributed by atoms with Gasteiger partial charge in [0.15, 0.2) is 0 Å². The van der Waals surface area contributed by atoms with Gasteiger partial charge in [0.25, 0.3) is 5.69 Å². The van der Waals surface area contributed by atoms with Crippen LogP contribution in [0.2, 0.25) is 0 Å². The van der Waals surface area contributed by atoms with Gasteiger partial charge in [-0.3, -0.25) is 29.4 Å². The van der Waals surface area contributed by atoms with Crippen LogP contribution in [0.4, 0.5) is 16.2 Å². The van der Waals surface area contributed by atoms with Gasteiger partial charge in [-0.2, -0.15) is 0 Å². The Hall–Kier alpha value is -3.30. The van der Waals surface area contributed by atoms with Crippen molar-refractivity contribution in [2.45, 2.75) is 27.2 Å². The van der Waals surface area contributed by atoms with Gasteiger partial charge in [-0.1, -0.05) is 13.0 Å². The first-order chi connectivity index (χ1) is 12.2. The highest BCUT2D eigenvalue weighted by Gasteiger charge is 2.44. The van der Waals surface area contributed by atoms with Crippen LogP contribution < -0.4 is 5.32 Å². The maximum absolute atomic E-state index is 12.3. The van der Waals surface area contributed by atoms with E-state index in [0.29, 0.717) is 16.9 Å². The molecule has 1 aromatic carbocycles. The van der Waals surface area contributed by atoms with E-state index in [1.54, 1.807) is 26.8 Å². The van der Waals surface area contributed by atoms with Crippen LogP contribution in [-0.4, -0.2) is 51.6 Å². The Morgan fingerprint density at radius 2 is 1.77 bits per heavy atom. The zero-order valence-electron chi connectivity index (χ0n) is 14.6. The molecule has 0 radical (unpaired) electrons. The fourth-order valence-corrected chi connectivity index (χ4v) is 2.54. The van der Waals surface area contributed by atoms with Crippen LogP contribution in [0.5, 0.6) is 0 Å². The topological polar surface area (TPSA) is 130 Å². The van der Waals surface area contributed by atoms with Gasteiger partial charge in [0, 0.05) is 12.6 Å². The minimum atomic E-state index is -1.09. The number of aryl methyl sites for hydroxylation is 1. The molecule has 0 unspecified atom stereocenters. The predicted molar refractivity (Wildman–Crippen MR) is 90.3 cm³/mol. The second-order valence-corrected chi connectivity index (χ2v) is 5.84. The minimum Gasteiger partial charge on any atom is -0.319 e. The number of carbonyl (C=O) groups excluding carboxylic acids is 4. The first-order valence-corrected chi connectivity index (χ1v) is 7.90. The highest BCUT2D eigenvalue weighted by Crippen LogP contribution is 2.30. The quantitative estimate of drug-likeness (QED) is 0.352. The molecule has 1 saturated heterocycles. The number of hydrogen-bond donors (Lipinski definition) is 1. The average molecular weight is 362 g/mol. The molecule has 0 aliphatic carbocycles. The number of nitrogens with one attached hydrogen (secondary N) is 1. The van der Waals surface area contributed by atoms with Gasteiger partial charge in [-0.15, -0.1) is 0 Å². The lowest BCUT2D eigenvalue weighted by Gasteiger charge is -2.15. The van der Waals surface area contributed by atoms with Crippen LogP contribution in [-0.2, 0) is 14.4 Å². The summed E-state index contributed by atoms with van der Waals surface area (Å²) in [5, 5.41) is 13.5. The number of nitro benzene ring substituents is 1. The van der Waals surface area contributed by atoms with Crippen LogP contribution in [0.15, 0.2) is 12.1 Å². The van der Waals surface area contributed by atoms with Crippen LogP contribution in [0, 0.1) is 24.0 Å². The molecule has 1 aromatic rings. The summed E-state index contributed by atoms with van der Waals surface area (Å²) in [6.07, 6.45) is 0.472. The van der Waals surface area contributed by atoms with Gasteiger partial charge in [0.1, 0.15) is 12.2 Å². The molecular formula is C16H18N4O6. The first kappa shape index (κ1) is 19.0. The lowest BCUT2D eigenvalue weighted by atomic mass is 10.1. The van der Waals surface area contributed by atoms with Gasteiger partial charge in [0.05, 0.1) is 4.92 Å². The number of nitro groups is 1. The standard InChI is InChI=1S/C16H18N4O6/c1-4-7-18-14(22)15(23)19(16(18)24)8-12(21)17-13-10(3)9(2)5-6-11(13)20(25)26/h5-6H,4,7-8H2,1-3H3,(H,17,21). The molecular weight excluding hydrogens is 344 g/mol. The molecule has 26 heavy (non-hydrogen) atoms. The Labute approximate surface area is 148 Å². The molecule has 10 nitrogen and oxygen atoms in total. The molecule has 0 bridgehead atoms. The number of carbonyl (C=O) groups is 4. The normalized spacial score (nSPS) is 14.2. The van der Waals surface area contributed by atoms with Crippen molar-refractivity contribution in [3.8, 4) is 0 Å². The summed E-state index contributed by atoms with van der Waals surface area (Å²) in [7, 11) is 0. The fourth-order valence-electron chi connectivity index (χ4n) is 2.54. The highest BCUT2D eigenvalue weighted by atomic mass is 16.6. The van der Waals surface area contributed by atoms with Crippen molar-refractivity contribution in [1.82, 2.24) is 9.80 Å². The lowest BCUT2D eigenvalue weighted by molar-refractivity contribution is -0.384. The highest BCUT2D eigenvalue weighted by molar-refractivity contribution is 6.45. The van der Waals surface area contributed by atoms with E-state index in [1.165, 1.54) is 6.07 Å². The largest absolute Gasteiger partial charge is 0.334 e. The lowest BCUT2D eigenvalue weighted by Crippen LogP contribution is -2.39. The van der Waals surface area contributed by atoms with Crippen molar-refractivity contribution < 1.29 is 24.1 Å². The zero-order chi connectivity index (χ0) is 19.6. The number of nitrogens with zero attached hydrogens (tertiary/aromatic N) is 3. The molecule has 10 heteroatoms. The number of hydrogen-bond acceptors (Lipinski definition) is 6. The van der Waals surface area contributed by atoms with E-state index in [9.17, 15) is 29.3 Å². The van der Waals surface area contributed by atoms with Crippen molar-refractivity contribution in [3.63, 3.8) is 0 Å². The summed E-state index contributed by atoms with van der Waals surface area (Å²) in [4.78, 5) is 59.9. The fraction of sp³-hybridized carbons (Fsp3) is 0.375. The second-order valence-electron chi connectivity index (χ2n) is 5.84. The van der Waals surface area contributed by atoms with Crippen LogP contribution in [0.3, 0.4) is 0 Å². The van der Waals surface area contributed by atoms with E-state index in [4.69, 9.17) is 0 Å². The predicted octanol–water partition coefficient (Wildman–Crippen LogP) is 1.35. The molecule has 0 atom stereocenters. The Kier molecular flexibility index (Phi) is 5.34. The average Bonchev–Trinajstić information content (AvgIpc) is 2.77. The second kappa shape index (κ2) is 7.30.